The van der Waals surface area contributed by atoms with Crippen LogP contribution in [0.15, 0.2) is 0 Å². The fraction of sp³-hybridized carbons (Fsp3) is 0.615. The van der Waals surface area contributed by atoms with Gasteiger partial charge in [-0.2, -0.15) is 12.6 Å². The molecule has 0 aromatic heterocycles. The predicted molar refractivity (Wildman–Crippen MR) is 88.9 cm³/mol. The molecular weight excluding hydrogens is 356 g/mol. The van der Waals surface area contributed by atoms with Gasteiger partial charge in [0, 0.05) is 12.2 Å². The van der Waals surface area contributed by atoms with E-state index < -0.39 is 60.8 Å². The number of carbonyl (C=O) groups excluding carboxylic acids is 3. The summed E-state index contributed by atoms with van der Waals surface area (Å²) < 4.78 is 0. The number of hydrogen-bond donors (Lipinski definition) is 7. The lowest BCUT2D eigenvalue weighted by Gasteiger charge is -2.18. The fourth-order valence-electron chi connectivity index (χ4n) is 1.56. The smallest absolute Gasteiger partial charge is 0.326 e. The minimum atomic E-state index is -1.39. The molecule has 142 valence electrons. The van der Waals surface area contributed by atoms with Crippen molar-refractivity contribution in [3.63, 3.8) is 0 Å². The largest absolute Gasteiger partial charge is 0.481 e. The van der Waals surface area contributed by atoms with Crippen LogP contribution in [-0.4, -0.2) is 70.3 Å². The number of nitrogens with one attached hydrogen (secondary N) is 3. The van der Waals surface area contributed by atoms with E-state index in [1.807, 2.05) is 0 Å². The van der Waals surface area contributed by atoms with Crippen LogP contribution >= 0.6 is 12.6 Å². The molecule has 0 rings (SSSR count). The molecule has 0 fully saturated rings. The van der Waals surface area contributed by atoms with E-state index in [0.29, 0.717) is 0 Å². The third-order valence-electron chi connectivity index (χ3n) is 2.99. The van der Waals surface area contributed by atoms with Crippen molar-refractivity contribution < 1.29 is 34.2 Å². The molecule has 25 heavy (non-hydrogen) atoms. The summed E-state index contributed by atoms with van der Waals surface area (Å²) in [5, 5.41) is 24.2. The van der Waals surface area contributed by atoms with E-state index in [2.05, 4.69) is 28.6 Å². The van der Waals surface area contributed by atoms with Crippen molar-refractivity contribution >= 4 is 42.3 Å². The molecule has 0 spiro atoms. The number of nitrogens with two attached hydrogens (primary N) is 1. The Morgan fingerprint density at radius 2 is 1.68 bits per heavy atom. The molecule has 3 amide bonds. The van der Waals surface area contributed by atoms with Gasteiger partial charge in [-0.25, -0.2) is 4.79 Å². The van der Waals surface area contributed by atoms with Crippen molar-refractivity contribution in [1.82, 2.24) is 16.0 Å². The van der Waals surface area contributed by atoms with Crippen molar-refractivity contribution in [1.29, 1.82) is 0 Å². The van der Waals surface area contributed by atoms with Crippen LogP contribution in [0.2, 0.25) is 0 Å². The maximum atomic E-state index is 11.9. The average Bonchev–Trinajstić information content (AvgIpc) is 2.54. The van der Waals surface area contributed by atoms with Gasteiger partial charge >= 0.3 is 11.9 Å². The molecule has 3 atom stereocenters. The number of hydrogen-bond acceptors (Lipinski definition) is 7. The van der Waals surface area contributed by atoms with Gasteiger partial charge in [-0.3, -0.25) is 19.2 Å². The summed E-state index contributed by atoms with van der Waals surface area (Å²) >= 11 is 3.84. The summed E-state index contributed by atoms with van der Waals surface area (Å²) in [4.78, 5) is 56.4. The summed E-state index contributed by atoms with van der Waals surface area (Å²) in [7, 11) is 0. The number of rotatable bonds is 11. The molecule has 0 heterocycles. The van der Waals surface area contributed by atoms with Crippen LogP contribution in [-0.2, 0) is 24.0 Å². The molecule has 12 heteroatoms. The predicted octanol–water partition coefficient (Wildman–Crippen LogP) is -2.70. The summed E-state index contributed by atoms with van der Waals surface area (Å²) in [6.45, 7) is 0.893. The van der Waals surface area contributed by atoms with Gasteiger partial charge < -0.3 is 31.9 Å². The standard InChI is InChI=1S/C13H22N4O7S/c1-6(16-9(18)4-15-12(22)7(14)5-25)11(21)17-8(13(23)24)2-3-10(19)20/h6-8,25H,2-5,14H2,1H3,(H,15,22)(H,16,18)(H,17,21)(H,19,20)(H,23,24). The molecule has 0 aliphatic heterocycles. The number of carboxylic acids is 2. The summed E-state index contributed by atoms with van der Waals surface area (Å²) in [5.74, 6) is -4.55. The highest BCUT2D eigenvalue weighted by Crippen LogP contribution is 1.99. The first-order chi connectivity index (χ1) is 11.6. The summed E-state index contributed by atoms with van der Waals surface area (Å²) in [6, 6.07) is -3.35. The maximum Gasteiger partial charge on any atom is 0.326 e. The van der Waals surface area contributed by atoms with Crippen LogP contribution in [0.5, 0.6) is 0 Å². The van der Waals surface area contributed by atoms with Gasteiger partial charge in [-0.15, -0.1) is 0 Å². The first-order valence-electron chi connectivity index (χ1n) is 7.27. The summed E-state index contributed by atoms with van der Waals surface area (Å²) in [5.41, 5.74) is 5.40. The fourth-order valence-corrected chi connectivity index (χ4v) is 1.73. The molecule has 11 nitrogen and oxygen atoms in total. The van der Waals surface area contributed by atoms with Crippen molar-refractivity contribution in [3.8, 4) is 0 Å². The van der Waals surface area contributed by atoms with Gasteiger partial charge in [-0.1, -0.05) is 0 Å². The average molecular weight is 378 g/mol. The van der Waals surface area contributed by atoms with Gasteiger partial charge in [-0.05, 0) is 13.3 Å². The van der Waals surface area contributed by atoms with E-state index in [0.717, 1.165) is 0 Å². The number of amides is 3. The second-order valence-corrected chi connectivity index (χ2v) is 5.49. The van der Waals surface area contributed by atoms with E-state index in [1.165, 1.54) is 6.92 Å². The lowest BCUT2D eigenvalue weighted by atomic mass is 10.1. The van der Waals surface area contributed by atoms with Gasteiger partial charge in [0.15, 0.2) is 0 Å². The molecular formula is C13H22N4O7S. The molecule has 0 saturated carbocycles. The normalized spacial score (nSPS) is 13.9. The SMILES string of the molecule is CC(NC(=O)CNC(=O)C(N)CS)C(=O)NC(CCC(=O)O)C(=O)O. The van der Waals surface area contributed by atoms with E-state index in [4.69, 9.17) is 15.9 Å². The Kier molecular flexibility index (Phi) is 10.2. The second-order valence-electron chi connectivity index (χ2n) is 5.13. The number of carboxylic acid groups (broad SMARTS) is 2. The van der Waals surface area contributed by atoms with Crippen molar-refractivity contribution in [3.05, 3.63) is 0 Å². The lowest BCUT2D eigenvalue weighted by Crippen LogP contribution is -2.52. The third kappa shape index (κ3) is 9.52. The summed E-state index contributed by atoms with van der Waals surface area (Å²) in [6.07, 6.45) is -0.732. The molecule has 0 saturated heterocycles. The van der Waals surface area contributed by atoms with Crippen LogP contribution in [0.3, 0.4) is 0 Å². The van der Waals surface area contributed by atoms with Crippen LogP contribution in [0.1, 0.15) is 19.8 Å². The molecule has 0 radical (unpaired) electrons. The molecule has 0 bridgehead atoms. The van der Waals surface area contributed by atoms with Gasteiger partial charge in [0.05, 0.1) is 12.6 Å². The van der Waals surface area contributed by atoms with Gasteiger partial charge in [0.2, 0.25) is 17.7 Å². The minimum absolute atomic E-state index is 0.0964. The Hall–Kier alpha value is -2.34. The molecule has 0 aromatic carbocycles. The monoisotopic (exact) mass is 378 g/mol. The quantitative estimate of drug-likeness (QED) is 0.189. The van der Waals surface area contributed by atoms with Crippen LogP contribution in [0.4, 0.5) is 0 Å². The second kappa shape index (κ2) is 11.3. The van der Waals surface area contributed by atoms with Crippen LogP contribution < -0.4 is 21.7 Å². The van der Waals surface area contributed by atoms with E-state index in [1.54, 1.807) is 0 Å². The van der Waals surface area contributed by atoms with Gasteiger partial charge in [0.25, 0.3) is 0 Å². The Morgan fingerprint density at radius 3 is 2.16 bits per heavy atom. The van der Waals surface area contributed by atoms with Crippen molar-refractivity contribution in [2.45, 2.75) is 37.9 Å². The zero-order valence-corrected chi connectivity index (χ0v) is 14.4. The highest BCUT2D eigenvalue weighted by Gasteiger charge is 2.24. The Bertz CT molecular complexity index is 529. The zero-order chi connectivity index (χ0) is 19.6. The molecule has 3 unspecified atom stereocenters. The first kappa shape index (κ1) is 22.7. The number of thiol groups is 1. The minimum Gasteiger partial charge on any atom is -0.481 e. The molecule has 0 aliphatic rings. The maximum absolute atomic E-state index is 11.9. The Balaban J connectivity index is 4.43. The van der Waals surface area contributed by atoms with E-state index >= 15 is 0 Å². The van der Waals surface area contributed by atoms with E-state index in [-0.39, 0.29) is 12.2 Å². The van der Waals surface area contributed by atoms with Gasteiger partial charge in [0.1, 0.15) is 12.1 Å². The molecule has 0 aliphatic carbocycles. The molecule has 0 aromatic rings. The topological polar surface area (TPSA) is 188 Å². The Morgan fingerprint density at radius 1 is 1.08 bits per heavy atom. The molecule has 7 N–H and O–H groups in total. The van der Waals surface area contributed by atoms with Crippen molar-refractivity contribution in [2.75, 3.05) is 12.3 Å². The Labute approximate surface area is 149 Å². The van der Waals surface area contributed by atoms with E-state index in [9.17, 15) is 24.0 Å². The zero-order valence-electron chi connectivity index (χ0n) is 13.5. The highest BCUT2D eigenvalue weighted by molar-refractivity contribution is 7.80. The highest BCUT2D eigenvalue weighted by atomic mass is 32.1. The number of aliphatic carboxylic acids is 2. The van der Waals surface area contributed by atoms with Crippen molar-refractivity contribution in [2.24, 2.45) is 5.73 Å². The lowest BCUT2D eigenvalue weighted by molar-refractivity contribution is -0.143. The van der Waals surface area contributed by atoms with Crippen LogP contribution in [0.25, 0.3) is 0 Å². The van der Waals surface area contributed by atoms with Crippen LogP contribution in [0, 0.1) is 0 Å². The number of carbonyl (C=O) groups is 5. The first-order valence-corrected chi connectivity index (χ1v) is 7.90. The third-order valence-corrected chi connectivity index (χ3v) is 3.38.